The summed E-state index contributed by atoms with van der Waals surface area (Å²) in [6, 6.07) is 7.09. The van der Waals surface area contributed by atoms with E-state index in [9.17, 15) is 9.59 Å². The van der Waals surface area contributed by atoms with Gasteiger partial charge in [0.25, 0.3) is 5.91 Å². The summed E-state index contributed by atoms with van der Waals surface area (Å²) in [6.45, 7) is 4.04. The minimum absolute atomic E-state index is 0.0532. The number of carbonyl (C=O) groups excluding carboxylic acids is 1. The Morgan fingerprint density at radius 3 is 2.74 bits per heavy atom. The molecule has 0 aliphatic heterocycles. The first kappa shape index (κ1) is 13.5. The molecule has 0 fully saturated rings. The average molecular weight is 276 g/mol. The zero-order valence-corrected chi connectivity index (χ0v) is 11.7. The lowest BCUT2D eigenvalue weighted by molar-refractivity contribution is 0.0940. The van der Waals surface area contributed by atoms with E-state index >= 15 is 0 Å². The van der Waals surface area contributed by atoms with Gasteiger partial charge in [-0.1, -0.05) is 0 Å². The molecule has 2 heterocycles. The van der Waals surface area contributed by atoms with E-state index in [-0.39, 0.29) is 17.5 Å². The predicted octanol–water partition coefficient (Wildman–Crippen LogP) is 2.11. The van der Waals surface area contributed by atoms with Gasteiger partial charge in [-0.3, -0.25) is 9.59 Å². The van der Waals surface area contributed by atoms with Crippen molar-refractivity contribution in [1.29, 1.82) is 0 Å². The Bertz CT molecular complexity index is 610. The van der Waals surface area contributed by atoms with Gasteiger partial charge in [0.15, 0.2) is 0 Å². The van der Waals surface area contributed by atoms with Gasteiger partial charge < -0.3 is 10.3 Å². The van der Waals surface area contributed by atoms with E-state index in [4.69, 9.17) is 0 Å². The number of hydrogen-bond acceptors (Lipinski definition) is 3. The molecule has 100 valence electrons. The summed E-state index contributed by atoms with van der Waals surface area (Å²) in [4.78, 5) is 27.9. The molecule has 0 aromatic carbocycles. The molecule has 0 spiro atoms. The van der Waals surface area contributed by atoms with Crippen LogP contribution in [0, 0.1) is 6.92 Å². The van der Waals surface area contributed by atoms with E-state index in [1.807, 2.05) is 6.92 Å². The molecule has 0 aliphatic carbocycles. The predicted molar refractivity (Wildman–Crippen MR) is 76.8 cm³/mol. The van der Waals surface area contributed by atoms with Gasteiger partial charge in [0.1, 0.15) is 0 Å². The van der Waals surface area contributed by atoms with Crippen molar-refractivity contribution >= 4 is 17.2 Å². The number of pyridine rings is 1. The zero-order chi connectivity index (χ0) is 13.8. The molecule has 2 N–H and O–H groups in total. The Hall–Kier alpha value is -1.88. The molecule has 0 saturated carbocycles. The number of thiophene rings is 1. The minimum atomic E-state index is -0.210. The van der Waals surface area contributed by atoms with Crippen molar-refractivity contribution in [2.24, 2.45) is 0 Å². The van der Waals surface area contributed by atoms with Crippen molar-refractivity contribution in [2.75, 3.05) is 0 Å². The van der Waals surface area contributed by atoms with E-state index in [0.29, 0.717) is 5.56 Å². The third kappa shape index (κ3) is 3.79. The summed E-state index contributed by atoms with van der Waals surface area (Å²) >= 11 is 1.74. The molecule has 2 aromatic rings. The maximum atomic E-state index is 11.9. The summed E-state index contributed by atoms with van der Waals surface area (Å²) in [6.07, 6.45) is 2.24. The maximum absolute atomic E-state index is 11.9. The second-order valence-corrected chi connectivity index (χ2v) is 5.91. The smallest absolute Gasteiger partial charge is 0.252 e. The maximum Gasteiger partial charge on any atom is 0.252 e. The Morgan fingerprint density at radius 2 is 2.16 bits per heavy atom. The van der Waals surface area contributed by atoms with Gasteiger partial charge in [0.2, 0.25) is 5.56 Å². The van der Waals surface area contributed by atoms with Crippen LogP contribution in [0.25, 0.3) is 0 Å². The number of amides is 1. The second kappa shape index (κ2) is 5.84. The number of aromatic nitrogens is 1. The van der Waals surface area contributed by atoms with Crippen molar-refractivity contribution in [3.05, 3.63) is 56.1 Å². The molecule has 0 saturated heterocycles. The molecular weight excluding hydrogens is 260 g/mol. The van der Waals surface area contributed by atoms with Crippen LogP contribution in [0.5, 0.6) is 0 Å². The zero-order valence-electron chi connectivity index (χ0n) is 10.9. The molecule has 0 radical (unpaired) electrons. The van der Waals surface area contributed by atoms with Crippen LogP contribution in [0.1, 0.15) is 27.0 Å². The number of aryl methyl sites for hydroxylation is 1. The van der Waals surface area contributed by atoms with E-state index in [1.165, 1.54) is 28.1 Å². The average Bonchev–Trinajstić information content (AvgIpc) is 2.75. The van der Waals surface area contributed by atoms with Gasteiger partial charge in [-0.25, -0.2) is 0 Å². The Morgan fingerprint density at radius 1 is 1.37 bits per heavy atom. The van der Waals surface area contributed by atoms with Gasteiger partial charge in [-0.05, 0) is 32.0 Å². The van der Waals surface area contributed by atoms with E-state index in [2.05, 4.69) is 29.4 Å². The van der Waals surface area contributed by atoms with Crippen LogP contribution in [0.15, 0.2) is 35.3 Å². The highest BCUT2D eigenvalue weighted by molar-refractivity contribution is 7.11. The van der Waals surface area contributed by atoms with Crippen LogP contribution in [0.2, 0.25) is 0 Å². The highest BCUT2D eigenvalue weighted by Crippen LogP contribution is 2.16. The number of carbonyl (C=O) groups is 1. The fourth-order valence-electron chi connectivity index (χ4n) is 1.81. The molecule has 0 bridgehead atoms. The van der Waals surface area contributed by atoms with Gasteiger partial charge in [-0.15, -0.1) is 11.3 Å². The lowest BCUT2D eigenvalue weighted by atomic mass is 10.2. The van der Waals surface area contributed by atoms with Crippen LogP contribution in [-0.4, -0.2) is 16.9 Å². The molecule has 2 rings (SSSR count). The quantitative estimate of drug-likeness (QED) is 0.898. The van der Waals surface area contributed by atoms with Crippen LogP contribution < -0.4 is 10.9 Å². The fraction of sp³-hybridized carbons (Fsp3) is 0.286. The Labute approximate surface area is 115 Å². The van der Waals surface area contributed by atoms with Crippen molar-refractivity contribution < 1.29 is 4.79 Å². The van der Waals surface area contributed by atoms with Crippen molar-refractivity contribution in [2.45, 2.75) is 26.3 Å². The first-order chi connectivity index (χ1) is 9.04. The first-order valence-corrected chi connectivity index (χ1v) is 6.91. The normalized spacial score (nSPS) is 12.1. The largest absolute Gasteiger partial charge is 0.349 e. The molecule has 0 aliphatic rings. The SMILES string of the molecule is Cc1ccc(CC(C)NC(=O)c2ccc(=O)[nH]c2)s1. The van der Waals surface area contributed by atoms with E-state index in [0.717, 1.165) is 6.42 Å². The number of H-pyrrole nitrogens is 1. The number of rotatable bonds is 4. The highest BCUT2D eigenvalue weighted by atomic mass is 32.1. The Balaban J connectivity index is 1.95. The molecule has 2 aromatic heterocycles. The second-order valence-electron chi connectivity index (χ2n) is 4.53. The third-order valence-corrected chi connectivity index (χ3v) is 3.75. The van der Waals surface area contributed by atoms with E-state index in [1.54, 1.807) is 11.3 Å². The summed E-state index contributed by atoms with van der Waals surface area (Å²) < 4.78 is 0. The summed E-state index contributed by atoms with van der Waals surface area (Å²) in [5.41, 5.74) is 0.257. The molecule has 1 unspecified atom stereocenters. The standard InChI is InChI=1S/C14H16N2O2S/c1-9(7-12-5-3-10(2)19-12)16-14(18)11-4-6-13(17)15-8-11/h3-6,8-9H,7H2,1-2H3,(H,15,17)(H,16,18). The van der Waals surface area contributed by atoms with Crippen molar-refractivity contribution in [3.63, 3.8) is 0 Å². The summed E-state index contributed by atoms with van der Waals surface area (Å²) in [5.74, 6) is -0.169. The topological polar surface area (TPSA) is 62.0 Å². The summed E-state index contributed by atoms with van der Waals surface area (Å²) in [5, 5.41) is 2.92. The summed E-state index contributed by atoms with van der Waals surface area (Å²) in [7, 11) is 0. The van der Waals surface area contributed by atoms with Crippen molar-refractivity contribution in [1.82, 2.24) is 10.3 Å². The van der Waals surface area contributed by atoms with Crippen LogP contribution in [0.4, 0.5) is 0 Å². The van der Waals surface area contributed by atoms with Crippen LogP contribution in [0.3, 0.4) is 0 Å². The molecule has 1 amide bonds. The van der Waals surface area contributed by atoms with Gasteiger partial charge >= 0.3 is 0 Å². The molecule has 4 nitrogen and oxygen atoms in total. The number of hydrogen-bond donors (Lipinski definition) is 2. The molecule has 1 atom stereocenters. The van der Waals surface area contributed by atoms with Crippen molar-refractivity contribution in [3.8, 4) is 0 Å². The van der Waals surface area contributed by atoms with Crippen LogP contribution in [-0.2, 0) is 6.42 Å². The third-order valence-electron chi connectivity index (χ3n) is 2.73. The number of aromatic amines is 1. The highest BCUT2D eigenvalue weighted by Gasteiger charge is 2.11. The molecular formula is C14H16N2O2S. The van der Waals surface area contributed by atoms with Gasteiger partial charge in [0, 0.05) is 34.5 Å². The lowest BCUT2D eigenvalue weighted by Gasteiger charge is -2.12. The first-order valence-electron chi connectivity index (χ1n) is 6.09. The van der Waals surface area contributed by atoms with E-state index < -0.39 is 0 Å². The monoisotopic (exact) mass is 276 g/mol. The molecule has 19 heavy (non-hydrogen) atoms. The lowest BCUT2D eigenvalue weighted by Crippen LogP contribution is -2.34. The molecule has 5 heteroatoms. The number of nitrogens with one attached hydrogen (secondary N) is 2. The van der Waals surface area contributed by atoms with Crippen LogP contribution >= 0.6 is 11.3 Å². The van der Waals surface area contributed by atoms with Gasteiger partial charge in [0.05, 0.1) is 5.56 Å². The van der Waals surface area contributed by atoms with Gasteiger partial charge in [-0.2, -0.15) is 0 Å². The Kier molecular flexibility index (Phi) is 4.16. The minimum Gasteiger partial charge on any atom is -0.349 e. The fourth-order valence-corrected chi connectivity index (χ4v) is 2.83.